The Kier molecular flexibility index (Phi) is 4.48. The summed E-state index contributed by atoms with van der Waals surface area (Å²) in [5.74, 6) is -0.233. The Balaban J connectivity index is 2.25. The number of halogens is 3. The van der Waals surface area contributed by atoms with Crippen molar-refractivity contribution in [1.29, 1.82) is 0 Å². The van der Waals surface area contributed by atoms with E-state index < -0.39 is 0 Å². The standard InChI is InChI=1S/C13H8Cl2INO/c14-9-5-8(6-10(15)7-9)13(18)17-12-4-2-1-3-11(12)16/h1-7H,(H,17,18). The number of hydrogen-bond acceptors (Lipinski definition) is 1. The predicted octanol–water partition coefficient (Wildman–Crippen LogP) is 4.85. The summed E-state index contributed by atoms with van der Waals surface area (Å²) in [6.45, 7) is 0. The maximum Gasteiger partial charge on any atom is 0.255 e. The van der Waals surface area contributed by atoms with Crippen molar-refractivity contribution in [2.24, 2.45) is 0 Å². The zero-order chi connectivity index (χ0) is 13.1. The van der Waals surface area contributed by atoms with Crippen LogP contribution >= 0.6 is 45.8 Å². The van der Waals surface area contributed by atoms with E-state index in [1.807, 2.05) is 24.3 Å². The van der Waals surface area contributed by atoms with Gasteiger partial charge >= 0.3 is 0 Å². The normalized spacial score (nSPS) is 10.2. The number of rotatable bonds is 2. The average Bonchev–Trinajstić information content (AvgIpc) is 2.31. The average molecular weight is 392 g/mol. The molecule has 0 aromatic heterocycles. The highest BCUT2D eigenvalue weighted by Gasteiger charge is 2.09. The van der Waals surface area contributed by atoms with Crippen LogP contribution in [0.25, 0.3) is 0 Å². The summed E-state index contributed by atoms with van der Waals surface area (Å²) in [6, 6.07) is 12.3. The van der Waals surface area contributed by atoms with E-state index in [0.29, 0.717) is 15.6 Å². The highest BCUT2D eigenvalue weighted by Crippen LogP contribution is 2.21. The van der Waals surface area contributed by atoms with Gasteiger partial charge in [-0.05, 0) is 52.9 Å². The first-order valence-corrected chi connectivity index (χ1v) is 6.92. The molecule has 2 rings (SSSR count). The summed E-state index contributed by atoms with van der Waals surface area (Å²) in [7, 11) is 0. The lowest BCUT2D eigenvalue weighted by Crippen LogP contribution is -2.12. The van der Waals surface area contributed by atoms with Crippen molar-refractivity contribution in [2.75, 3.05) is 5.32 Å². The lowest BCUT2D eigenvalue weighted by molar-refractivity contribution is 0.102. The van der Waals surface area contributed by atoms with Crippen LogP contribution in [0, 0.1) is 3.57 Å². The summed E-state index contributed by atoms with van der Waals surface area (Å²) < 4.78 is 0.969. The molecule has 92 valence electrons. The molecule has 18 heavy (non-hydrogen) atoms. The minimum Gasteiger partial charge on any atom is -0.321 e. The molecule has 0 fully saturated rings. The van der Waals surface area contributed by atoms with Gasteiger partial charge in [-0.2, -0.15) is 0 Å². The Morgan fingerprint density at radius 2 is 1.67 bits per heavy atom. The van der Waals surface area contributed by atoms with Crippen LogP contribution in [0.4, 0.5) is 5.69 Å². The quantitative estimate of drug-likeness (QED) is 0.728. The van der Waals surface area contributed by atoms with Gasteiger partial charge in [0.05, 0.1) is 5.69 Å². The molecule has 2 aromatic rings. The van der Waals surface area contributed by atoms with Crippen molar-refractivity contribution in [1.82, 2.24) is 0 Å². The number of benzene rings is 2. The van der Waals surface area contributed by atoms with Gasteiger partial charge in [-0.1, -0.05) is 35.3 Å². The van der Waals surface area contributed by atoms with Crippen LogP contribution < -0.4 is 5.32 Å². The van der Waals surface area contributed by atoms with Gasteiger partial charge in [0.15, 0.2) is 0 Å². The highest BCUT2D eigenvalue weighted by atomic mass is 127. The minimum absolute atomic E-state index is 0.233. The van der Waals surface area contributed by atoms with E-state index in [9.17, 15) is 4.79 Å². The van der Waals surface area contributed by atoms with E-state index in [1.165, 1.54) is 0 Å². The number of carbonyl (C=O) groups is 1. The van der Waals surface area contributed by atoms with Crippen molar-refractivity contribution >= 4 is 57.4 Å². The Morgan fingerprint density at radius 3 is 2.28 bits per heavy atom. The molecule has 0 aliphatic rings. The van der Waals surface area contributed by atoms with Crippen LogP contribution in [-0.4, -0.2) is 5.91 Å². The fraction of sp³-hybridized carbons (Fsp3) is 0. The Labute approximate surface area is 128 Å². The first-order chi connectivity index (χ1) is 8.56. The molecule has 1 amide bonds. The van der Waals surface area contributed by atoms with Gasteiger partial charge in [0, 0.05) is 19.2 Å². The number of hydrogen-bond donors (Lipinski definition) is 1. The van der Waals surface area contributed by atoms with Crippen LogP contribution in [0.3, 0.4) is 0 Å². The summed E-state index contributed by atoms with van der Waals surface area (Å²) in [5, 5.41) is 3.70. The molecule has 0 radical (unpaired) electrons. The van der Waals surface area contributed by atoms with Crippen LogP contribution in [-0.2, 0) is 0 Å². The molecule has 1 N–H and O–H groups in total. The maximum absolute atomic E-state index is 12.0. The lowest BCUT2D eigenvalue weighted by Gasteiger charge is -2.07. The molecular weight excluding hydrogens is 384 g/mol. The molecule has 0 bridgehead atoms. The number of para-hydroxylation sites is 1. The third-order valence-corrected chi connectivity index (χ3v) is 3.62. The molecule has 0 heterocycles. The van der Waals surface area contributed by atoms with Gasteiger partial charge in [-0.15, -0.1) is 0 Å². The zero-order valence-corrected chi connectivity index (χ0v) is 12.8. The molecule has 5 heteroatoms. The third kappa shape index (κ3) is 3.37. The zero-order valence-electron chi connectivity index (χ0n) is 9.08. The number of nitrogens with one attached hydrogen (secondary N) is 1. The molecule has 0 saturated heterocycles. The molecule has 0 atom stereocenters. The van der Waals surface area contributed by atoms with Gasteiger partial charge < -0.3 is 5.32 Å². The second-order valence-corrected chi connectivity index (χ2v) is 5.63. The monoisotopic (exact) mass is 391 g/mol. The van der Waals surface area contributed by atoms with Crippen molar-refractivity contribution < 1.29 is 4.79 Å². The smallest absolute Gasteiger partial charge is 0.255 e. The van der Waals surface area contributed by atoms with E-state index in [1.54, 1.807) is 18.2 Å². The molecule has 0 spiro atoms. The summed E-state index contributed by atoms with van der Waals surface area (Å²) in [5.41, 5.74) is 1.20. The first kappa shape index (κ1) is 13.6. The predicted molar refractivity (Wildman–Crippen MR) is 83.6 cm³/mol. The summed E-state index contributed by atoms with van der Waals surface area (Å²) >= 11 is 13.9. The molecule has 0 saturated carbocycles. The summed E-state index contributed by atoms with van der Waals surface area (Å²) in [6.07, 6.45) is 0. The van der Waals surface area contributed by atoms with Crippen LogP contribution in [0.1, 0.15) is 10.4 Å². The largest absolute Gasteiger partial charge is 0.321 e. The van der Waals surface area contributed by atoms with Crippen molar-refractivity contribution in [3.8, 4) is 0 Å². The minimum atomic E-state index is -0.233. The fourth-order valence-corrected chi connectivity index (χ4v) is 2.49. The fourth-order valence-electron chi connectivity index (χ4n) is 1.44. The molecule has 2 aromatic carbocycles. The van der Waals surface area contributed by atoms with Gasteiger partial charge in [0.2, 0.25) is 0 Å². The van der Waals surface area contributed by atoms with E-state index in [-0.39, 0.29) is 5.91 Å². The Hall–Kier alpha value is -0.780. The van der Waals surface area contributed by atoms with Crippen molar-refractivity contribution in [3.05, 3.63) is 61.6 Å². The van der Waals surface area contributed by atoms with Gasteiger partial charge in [0.1, 0.15) is 0 Å². The van der Waals surface area contributed by atoms with Gasteiger partial charge in [-0.25, -0.2) is 0 Å². The van der Waals surface area contributed by atoms with Crippen molar-refractivity contribution in [3.63, 3.8) is 0 Å². The highest BCUT2D eigenvalue weighted by molar-refractivity contribution is 14.1. The van der Waals surface area contributed by atoms with Gasteiger partial charge in [0.25, 0.3) is 5.91 Å². The number of anilines is 1. The Bertz CT molecular complexity index is 581. The van der Waals surface area contributed by atoms with E-state index >= 15 is 0 Å². The topological polar surface area (TPSA) is 29.1 Å². The van der Waals surface area contributed by atoms with E-state index in [2.05, 4.69) is 27.9 Å². The maximum atomic E-state index is 12.0. The van der Waals surface area contributed by atoms with E-state index in [4.69, 9.17) is 23.2 Å². The Morgan fingerprint density at radius 1 is 1.06 bits per heavy atom. The number of amides is 1. The van der Waals surface area contributed by atoms with E-state index in [0.717, 1.165) is 9.26 Å². The molecular formula is C13H8Cl2INO. The van der Waals surface area contributed by atoms with Crippen LogP contribution in [0.5, 0.6) is 0 Å². The molecule has 0 aliphatic heterocycles. The van der Waals surface area contributed by atoms with Gasteiger partial charge in [-0.3, -0.25) is 4.79 Å². The lowest BCUT2D eigenvalue weighted by atomic mass is 10.2. The SMILES string of the molecule is O=C(Nc1ccccc1I)c1cc(Cl)cc(Cl)c1. The second-order valence-electron chi connectivity index (χ2n) is 3.59. The van der Waals surface area contributed by atoms with Crippen LogP contribution in [0.15, 0.2) is 42.5 Å². The molecule has 0 aliphatic carbocycles. The number of carbonyl (C=O) groups excluding carboxylic acids is 1. The third-order valence-electron chi connectivity index (χ3n) is 2.25. The van der Waals surface area contributed by atoms with Crippen molar-refractivity contribution in [2.45, 2.75) is 0 Å². The first-order valence-electron chi connectivity index (χ1n) is 5.08. The molecule has 0 unspecified atom stereocenters. The molecule has 2 nitrogen and oxygen atoms in total. The van der Waals surface area contributed by atoms with Crippen LogP contribution in [0.2, 0.25) is 10.0 Å². The second kappa shape index (κ2) is 5.91. The summed E-state index contributed by atoms with van der Waals surface area (Å²) in [4.78, 5) is 12.0.